The third kappa shape index (κ3) is 4.05. The molecular weight excluding hydrogens is 330 g/mol. The Labute approximate surface area is 151 Å². The Kier molecular flexibility index (Phi) is 4.97. The molecule has 0 saturated carbocycles. The Hall–Kier alpha value is -3.22. The second-order valence-electron chi connectivity index (χ2n) is 6.39. The number of aromatic amines is 1. The summed E-state index contributed by atoms with van der Waals surface area (Å²) in [6.45, 7) is 5.98. The van der Waals surface area contributed by atoms with Crippen LogP contribution < -0.4 is 10.6 Å². The van der Waals surface area contributed by atoms with E-state index in [9.17, 15) is 9.59 Å². The zero-order valence-electron chi connectivity index (χ0n) is 15.0. The fourth-order valence-electron chi connectivity index (χ4n) is 2.59. The molecule has 3 rings (SSSR count). The fourth-order valence-corrected chi connectivity index (χ4v) is 2.59. The van der Waals surface area contributed by atoms with Gasteiger partial charge in [-0.3, -0.25) is 9.59 Å². The fraction of sp³-hybridized carbons (Fsp3) is 0.263. The second-order valence-corrected chi connectivity index (χ2v) is 6.39. The molecule has 2 heterocycles. The number of fused-ring (bicyclic) bond motifs is 1. The SMILES string of the molecule is Cc1nc2cc(CNC(=O)c3cccc(C(=O)NC(C)C)n3)ccc2[nH]1. The first-order chi connectivity index (χ1) is 12.4. The number of carbonyl (C=O) groups is 2. The lowest BCUT2D eigenvalue weighted by molar-refractivity contribution is 0.0936. The summed E-state index contributed by atoms with van der Waals surface area (Å²) in [7, 11) is 0. The van der Waals surface area contributed by atoms with E-state index >= 15 is 0 Å². The van der Waals surface area contributed by atoms with Gasteiger partial charge in [-0.25, -0.2) is 9.97 Å². The molecule has 1 aromatic carbocycles. The van der Waals surface area contributed by atoms with Crippen molar-refractivity contribution in [2.45, 2.75) is 33.4 Å². The highest BCUT2D eigenvalue weighted by Gasteiger charge is 2.13. The lowest BCUT2D eigenvalue weighted by Crippen LogP contribution is -2.31. The number of amides is 2. The lowest BCUT2D eigenvalue weighted by atomic mass is 10.2. The number of pyridine rings is 1. The summed E-state index contributed by atoms with van der Waals surface area (Å²) in [5, 5.41) is 5.58. The minimum absolute atomic E-state index is 0.00220. The highest BCUT2D eigenvalue weighted by atomic mass is 16.2. The molecule has 134 valence electrons. The molecule has 0 saturated heterocycles. The van der Waals surface area contributed by atoms with Crippen LogP contribution in [0.1, 0.15) is 46.2 Å². The molecule has 3 aromatic rings. The van der Waals surface area contributed by atoms with E-state index in [1.165, 1.54) is 0 Å². The number of hydrogen-bond acceptors (Lipinski definition) is 4. The summed E-state index contributed by atoms with van der Waals surface area (Å²) >= 11 is 0. The summed E-state index contributed by atoms with van der Waals surface area (Å²) < 4.78 is 0. The van der Waals surface area contributed by atoms with E-state index in [1.54, 1.807) is 18.2 Å². The van der Waals surface area contributed by atoms with Gasteiger partial charge in [-0.2, -0.15) is 0 Å². The van der Waals surface area contributed by atoms with E-state index in [0.717, 1.165) is 22.4 Å². The largest absolute Gasteiger partial charge is 0.349 e. The van der Waals surface area contributed by atoms with Gasteiger partial charge in [0.25, 0.3) is 11.8 Å². The van der Waals surface area contributed by atoms with Crippen molar-refractivity contribution in [1.82, 2.24) is 25.6 Å². The van der Waals surface area contributed by atoms with Crippen molar-refractivity contribution < 1.29 is 9.59 Å². The molecule has 0 unspecified atom stereocenters. The number of rotatable bonds is 5. The normalized spacial score (nSPS) is 10.9. The number of benzene rings is 1. The number of carbonyl (C=O) groups excluding carboxylic acids is 2. The summed E-state index contributed by atoms with van der Waals surface area (Å²) in [5.41, 5.74) is 3.19. The summed E-state index contributed by atoms with van der Waals surface area (Å²) in [4.78, 5) is 36.1. The van der Waals surface area contributed by atoms with Crippen LogP contribution in [-0.4, -0.2) is 32.8 Å². The molecule has 3 N–H and O–H groups in total. The second kappa shape index (κ2) is 7.35. The molecule has 2 aromatic heterocycles. The Morgan fingerprint density at radius 3 is 2.54 bits per heavy atom. The molecule has 7 heteroatoms. The van der Waals surface area contributed by atoms with Crippen LogP contribution in [0.15, 0.2) is 36.4 Å². The summed E-state index contributed by atoms with van der Waals surface area (Å²) in [6, 6.07) is 10.6. The number of H-pyrrole nitrogens is 1. The molecule has 0 spiro atoms. The number of hydrogen-bond donors (Lipinski definition) is 3. The van der Waals surface area contributed by atoms with Crippen LogP contribution >= 0.6 is 0 Å². The number of nitrogens with zero attached hydrogens (tertiary/aromatic N) is 2. The van der Waals surface area contributed by atoms with Gasteiger partial charge >= 0.3 is 0 Å². The van der Waals surface area contributed by atoms with E-state index in [2.05, 4.69) is 25.6 Å². The van der Waals surface area contributed by atoms with Crippen LogP contribution in [0.25, 0.3) is 11.0 Å². The van der Waals surface area contributed by atoms with Crippen LogP contribution in [0.5, 0.6) is 0 Å². The van der Waals surface area contributed by atoms with Crippen molar-refractivity contribution >= 4 is 22.8 Å². The minimum Gasteiger partial charge on any atom is -0.349 e. The molecule has 26 heavy (non-hydrogen) atoms. The smallest absolute Gasteiger partial charge is 0.270 e. The zero-order valence-corrected chi connectivity index (χ0v) is 15.0. The first-order valence-corrected chi connectivity index (χ1v) is 8.44. The first-order valence-electron chi connectivity index (χ1n) is 8.44. The predicted octanol–water partition coefficient (Wildman–Crippen LogP) is 2.33. The van der Waals surface area contributed by atoms with Gasteiger partial charge in [-0.05, 0) is 50.6 Å². The highest BCUT2D eigenvalue weighted by Crippen LogP contribution is 2.13. The van der Waals surface area contributed by atoms with Crippen molar-refractivity contribution in [2.75, 3.05) is 0 Å². The highest BCUT2D eigenvalue weighted by molar-refractivity contribution is 5.96. The summed E-state index contributed by atoms with van der Waals surface area (Å²) in [5.74, 6) is 0.221. The predicted molar refractivity (Wildman–Crippen MR) is 98.8 cm³/mol. The Morgan fingerprint density at radius 2 is 1.81 bits per heavy atom. The lowest BCUT2D eigenvalue weighted by Gasteiger charge is -2.09. The maximum atomic E-state index is 12.4. The molecule has 0 atom stereocenters. The molecule has 0 bridgehead atoms. The Bertz CT molecular complexity index is 961. The molecule has 0 aliphatic carbocycles. The number of aromatic nitrogens is 3. The van der Waals surface area contributed by atoms with E-state index < -0.39 is 0 Å². The van der Waals surface area contributed by atoms with Gasteiger partial charge in [-0.1, -0.05) is 12.1 Å². The Morgan fingerprint density at radius 1 is 1.08 bits per heavy atom. The van der Waals surface area contributed by atoms with Gasteiger partial charge in [0.2, 0.25) is 0 Å². The third-order valence-electron chi connectivity index (χ3n) is 3.75. The molecule has 7 nitrogen and oxygen atoms in total. The monoisotopic (exact) mass is 351 g/mol. The number of aryl methyl sites for hydroxylation is 1. The average Bonchev–Trinajstić information content (AvgIpc) is 2.98. The van der Waals surface area contributed by atoms with Crippen molar-refractivity contribution in [2.24, 2.45) is 0 Å². The third-order valence-corrected chi connectivity index (χ3v) is 3.75. The van der Waals surface area contributed by atoms with Crippen molar-refractivity contribution in [3.63, 3.8) is 0 Å². The van der Waals surface area contributed by atoms with Gasteiger partial charge in [-0.15, -0.1) is 0 Å². The molecule has 2 amide bonds. The van der Waals surface area contributed by atoms with Crippen LogP contribution in [0.4, 0.5) is 0 Å². The maximum Gasteiger partial charge on any atom is 0.270 e. The average molecular weight is 351 g/mol. The van der Waals surface area contributed by atoms with Crippen LogP contribution in [0, 0.1) is 6.92 Å². The maximum absolute atomic E-state index is 12.4. The molecule has 0 aliphatic heterocycles. The van der Waals surface area contributed by atoms with E-state index in [1.807, 2.05) is 39.0 Å². The van der Waals surface area contributed by atoms with Crippen LogP contribution in [-0.2, 0) is 6.54 Å². The molecule has 0 radical (unpaired) electrons. The minimum atomic E-state index is -0.331. The quantitative estimate of drug-likeness (QED) is 0.657. The van der Waals surface area contributed by atoms with Crippen LogP contribution in [0.2, 0.25) is 0 Å². The topological polar surface area (TPSA) is 99.8 Å². The van der Waals surface area contributed by atoms with E-state index in [0.29, 0.717) is 6.54 Å². The standard InChI is InChI=1S/C19H21N5O2/c1-11(2)21-19(26)16-6-4-5-15(24-16)18(25)20-10-13-7-8-14-17(9-13)23-12(3)22-14/h4-9,11H,10H2,1-3H3,(H,20,25)(H,21,26)(H,22,23). The van der Waals surface area contributed by atoms with Crippen LogP contribution in [0.3, 0.4) is 0 Å². The van der Waals surface area contributed by atoms with Gasteiger partial charge in [0, 0.05) is 12.6 Å². The van der Waals surface area contributed by atoms with E-state index in [-0.39, 0.29) is 29.2 Å². The summed E-state index contributed by atoms with van der Waals surface area (Å²) in [6.07, 6.45) is 0. The van der Waals surface area contributed by atoms with Crippen molar-refractivity contribution in [3.8, 4) is 0 Å². The molecule has 0 aliphatic rings. The van der Waals surface area contributed by atoms with Gasteiger partial charge in [0.15, 0.2) is 0 Å². The van der Waals surface area contributed by atoms with Crippen molar-refractivity contribution in [1.29, 1.82) is 0 Å². The zero-order chi connectivity index (χ0) is 18.7. The number of imidazole rings is 1. The number of nitrogens with one attached hydrogen (secondary N) is 3. The molecular formula is C19H21N5O2. The molecule has 0 fully saturated rings. The Balaban J connectivity index is 1.68. The van der Waals surface area contributed by atoms with Crippen molar-refractivity contribution in [3.05, 3.63) is 59.2 Å². The first kappa shape index (κ1) is 17.6. The van der Waals surface area contributed by atoms with Gasteiger partial charge in [0.1, 0.15) is 17.2 Å². The van der Waals surface area contributed by atoms with E-state index in [4.69, 9.17) is 0 Å². The van der Waals surface area contributed by atoms with Gasteiger partial charge in [0.05, 0.1) is 11.0 Å². The van der Waals surface area contributed by atoms with Gasteiger partial charge < -0.3 is 15.6 Å².